The summed E-state index contributed by atoms with van der Waals surface area (Å²) >= 11 is 1.26. The number of ether oxygens (including phenoxy) is 1. The van der Waals surface area contributed by atoms with Crippen LogP contribution in [0.3, 0.4) is 0 Å². The standard InChI is InChI=1S/C18H20F2N6O4S/c19-13-7-11(25-10-12(9-21)30-18(25)28)8-14(20)15(13)24-2-3-26(29-5-4-24)17(27)23-16-22-1-6-31-16/h1,6-8,12H,2-5,9-10,21H2,(H,22,23,27)/t12-/m0/s1. The second-order valence-electron chi connectivity index (χ2n) is 6.80. The Bertz CT molecular complexity index is 940. The van der Waals surface area contributed by atoms with Crippen molar-refractivity contribution in [3.05, 3.63) is 35.3 Å². The van der Waals surface area contributed by atoms with E-state index in [9.17, 15) is 18.4 Å². The summed E-state index contributed by atoms with van der Waals surface area (Å²) in [5.41, 5.74) is 5.30. The first-order valence-electron chi connectivity index (χ1n) is 9.49. The van der Waals surface area contributed by atoms with E-state index in [2.05, 4.69) is 10.3 Å². The molecule has 0 radical (unpaired) electrons. The van der Waals surface area contributed by atoms with Crippen LogP contribution >= 0.6 is 11.3 Å². The molecule has 31 heavy (non-hydrogen) atoms. The van der Waals surface area contributed by atoms with Crippen LogP contribution in [-0.4, -0.2) is 67.6 Å². The fraction of sp³-hybridized carbons (Fsp3) is 0.389. The van der Waals surface area contributed by atoms with Crippen molar-refractivity contribution in [1.29, 1.82) is 0 Å². The van der Waals surface area contributed by atoms with Crippen LogP contribution in [0, 0.1) is 11.6 Å². The summed E-state index contributed by atoms with van der Waals surface area (Å²) in [6, 6.07) is 1.64. The Balaban J connectivity index is 1.46. The molecule has 0 saturated carbocycles. The number of urea groups is 1. The maximum Gasteiger partial charge on any atom is 0.414 e. The normalized spacial score (nSPS) is 19.4. The van der Waals surface area contributed by atoms with Gasteiger partial charge in [0, 0.05) is 43.3 Å². The monoisotopic (exact) mass is 454 g/mol. The first-order chi connectivity index (χ1) is 15.0. The highest BCUT2D eigenvalue weighted by atomic mass is 32.1. The summed E-state index contributed by atoms with van der Waals surface area (Å²) < 4.78 is 34.8. The molecule has 2 fully saturated rings. The molecule has 4 rings (SSSR count). The number of hydroxylamine groups is 2. The average molecular weight is 454 g/mol. The number of anilines is 3. The lowest BCUT2D eigenvalue weighted by molar-refractivity contribution is -0.100. The SMILES string of the molecule is NC[C@H]1CN(c2cc(F)c(N3CCON(C(=O)Nc4nccs4)CC3)c(F)c2)C(=O)O1. The van der Waals surface area contributed by atoms with Gasteiger partial charge in [-0.1, -0.05) is 0 Å². The van der Waals surface area contributed by atoms with Gasteiger partial charge in [0.25, 0.3) is 0 Å². The maximum atomic E-state index is 14.9. The number of halogens is 2. The molecular weight excluding hydrogens is 434 g/mol. The van der Waals surface area contributed by atoms with Crippen molar-refractivity contribution >= 4 is 40.0 Å². The van der Waals surface area contributed by atoms with E-state index in [4.69, 9.17) is 15.3 Å². The summed E-state index contributed by atoms with van der Waals surface area (Å²) in [4.78, 5) is 36.2. The van der Waals surface area contributed by atoms with Gasteiger partial charge in [0.1, 0.15) is 11.8 Å². The average Bonchev–Trinajstić information content (AvgIpc) is 3.31. The zero-order chi connectivity index (χ0) is 22.0. The Kier molecular flexibility index (Phi) is 6.15. The molecule has 3 heterocycles. The smallest absolute Gasteiger partial charge is 0.414 e. The minimum atomic E-state index is -0.834. The van der Waals surface area contributed by atoms with Gasteiger partial charge in [0.2, 0.25) is 0 Å². The van der Waals surface area contributed by atoms with Gasteiger partial charge in [-0.25, -0.2) is 28.4 Å². The fourth-order valence-corrected chi connectivity index (χ4v) is 3.86. The van der Waals surface area contributed by atoms with E-state index in [0.29, 0.717) is 5.13 Å². The fourth-order valence-electron chi connectivity index (χ4n) is 3.34. The number of hydrogen-bond donors (Lipinski definition) is 2. The molecule has 2 aromatic rings. The quantitative estimate of drug-likeness (QED) is 0.726. The molecule has 3 amide bonds. The van der Waals surface area contributed by atoms with Crippen molar-refractivity contribution in [2.45, 2.75) is 6.10 Å². The minimum Gasteiger partial charge on any atom is -0.443 e. The van der Waals surface area contributed by atoms with E-state index in [0.717, 1.165) is 22.1 Å². The second kappa shape index (κ2) is 8.99. The number of carbonyl (C=O) groups is 2. The van der Waals surface area contributed by atoms with Gasteiger partial charge >= 0.3 is 12.1 Å². The molecule has 1 aromatic heterocycles. The van der Waals surface area contributed by atoms with Gasteiger partial charge in [-0.3, -0.25) is 15.1 Å². The number of cyclic esters (lactones) is 1. The van der Waals surface area contributed by atoms with Crippen LogP contribution < -0.4 is 20.9 Å². The Morgan fingerprint density at radius 2 is 2.06 bits per heavy atom. The third-order valence-electron chi connectivity index (χ3n) is 4.82. The molecular formula is C18H20F2N6O4S. The van der Waals surface area contributed by atoms with E-state index in [1.54, 1.807) is 11.6 Å². The van der Waals surface area contributed by atoms with Gasteiger partial charge < -0.3 is 15.4 Å². The molecule has 0 aliphatic carbocycles. The highest BCUT2D eigenvalue weighted by Gasteiger charge is 2.33. The van der Waals surface area contributed by atoms with Gasteiger partial charge in [0.15, 0.2) is 16.8 Å². The molecule has 0 unspecified atom stereocenters. The first kappa shape index (κ1) is 21.2. The molecule has 2 saturated heterocycles. The highest BCUT2D eigenvalue weighted by Crippen LogP contribution is 2.31. The Labute approximate surface area is 180 Å². The zero-order valence-corrected chi connectivity index (χ0v) is 17.1. The molecule has 1 atom stereocenters. The second-order valence-corrected chi connectivity index (χ2v) is 7.69. The van der Waals surface area contributed by atoms with Crippen molar-refractivity contribution in [3.63, 3.8) is 0 Å². The molecule has 2 aliphatic rings. The minimum absolute atomic E-state index is 0.0442. The number of carbonyl (C=O) groups excluding carboxylic acids is 2. The van der Waals surface area contributed by atoms with Crippen LogP contribution in [0.25, 0.3) is 0 Å². The zero-order valence-electron chi connectivity index (χ0n) is 16.3. The number of rotatable bonds is 4. The third kappa shape index (κ3) is 4.52. The van der Waals surface area contributed by atoms with Crippen LogP contribution in [0.2, 0.25) is 0 Å². The Morgan fingerprint density at radius 3 is 2.71 bits per heavy atom. The van der Waals surface area contributed by atoms with Gasteiger partial charge in [-0.15, -0.1) is 11.3 Å². The number of nitrogens with one attached hydrogen (secondary N) is 1. The van der Waals surface area contributed by atoms with Crippen LogP contribution in [-0.2, 0) is 9.57 Å². The molecule has 0 spiro atoms. The van der Waals surface area contributed by atoms with Gasteiger partial charge in [-0.05, 0) is 0 Å². The van der Waals surface area contributed by atoms with Crippen LogP contribution in [0.4, 0.5) is 34.9 Å². The van der Waals surface area contributed by atoms with Gasteiger partial charge in [-0.2, -0.15) is 0 Å². The summed E-state index contributed by atoms with van der Waals surface area (Å²) in [6.45, 7) is 0.658. The van der Waals surface area contributed by atoms with Crippen molar-refractivity contribution in [2.75, 3.05) is 54.4 Å². The number of nitrogens with two attached hydrogens (primary N) is 1. The van der Waals surface area contributed by atoms with Crippen LogP contribution in [0.1, 0.15) is 0 Å². The number of aromatic nitrogens is 1. The highest BCUT2D eigenvalue weighted by molar-refractivity contribution is 7.13. The molecule has 2 aliphatic heterocycles. The number of hydrogen-bond acceptors (Lipinski definition) is 8. The Hall–Kier alpha value is -3.03. The molecule has 10 nitrogen and oxygen atoms in total. The predicted molar refractivity (Wildman–Crippen MR) is 109 cm³/mol. The molecule has 0 bridgehead atoms. The van der Waals surface area contributed by atoms with E-state index < -0.39 is 29.9 Å². The number of amides is 3. The van der Waals surface area contributed by atoms with Gasteiger partial charge in [0.05, 0.1) is 25.4 Å². The van der Waals surface area contributed by atoms with Crippen LogP contribution in [0.15, 0.2) is 23.7 Å². The lowest BCUT2D eigenvalue weighted by Gasteiger charge is -2.24. The number of thiazole rings is 1. The topological polar surface area (TPSA) is 113 Å². The van der Waals surface area contributed by atoms with Crippen molar-refractivity contribution < 1.29 is 27.9 Å². The summed E-state index contributed by atoms with van der Waals surface area (Å²) in [6.07, 6.45) is 0.327. The largest absolute Gasteiger partial charge is 0.443 e. The molecule has 166 valence electrons. The summed E-state index contributed by atoms with van der Waals surface area (Å²) in [5.74, 6) is -1.67. The van der Waals surface area contributed by atoms with E-state index in [1.165, 1.54) is 16.2 Å². The number of benzene rings is 1. The van der Waals surface area contributed by atoms with E-state index in [1.807, 2.05) is 0 Å². The van der Waals surface area contributed by atoms with E-state index in [-0.39, 0.29) is 50.7 Å². The van der Waals surface area contributed by atoms with Crippen molar-refractivity contribution in [3.8, 4) is 0 Å². The summed E-state index contributed by atoms with van der Waals surface area (Å²) in [5, 5.41) is 5.82. The first-order valence-corrected chi connectivity index (χ1v) is 10.4. The predicted octanol–water partition coefficient (Wildman–Crippen LogP) is 1.99. The number of nitrogens with zero attached hydrogens (tertiary/aromatic N) is 4. The van der Waals surface area contributed by atoms with E-state index >= 15 is 0 Å². The Morgan fingerprint density at radius 1 is 1.29 bits per heavy atom. The summed E-state index contributed by atoms with van der Waals surface area (Å²) in [7, 11) is 0. The maximum absolute atomic E-state index is 14.9. The lowest BCUT2D eigenvalue weighted by atomic mass is 10.2. The van der Waals surface area contributed by atoms with Crippen molar-refractivity contribution in [2.24, 2.45) is 5.73 Å². The molecule has 3 N–H and O–H groups in total. The molecule has 1 aromatic carbocycles. The van der Waals surface area contributed by atoms with Crippen LogP contribution in [0.5, 0.6) is 0 Å². The lowest BCUT2D eigenvalue weighted by Crippen LogP contribution is -2.37. The van der Waals surface area contributed by atoms with Crippen molar-refractivity contribution in [1.82, 2.24) is 10.0 Å². The molecule has 13 heteroatoms. The third-order valence-corrected chi connectivity index (χ3v) is 5.51.